The molecule has 146 valence electrons. The van der Waals surface area contributed by atoms with Crippen LogP contribution in [0.5, 0.6) is 0 Å². The molecule has 0 aliphatic carbocycles. The SMILES string of the molecule is Cc1ccc(-c2nc3ccc(C)cn3c2C(=O)Nc2ccc(F)c(F)c2F)cc1. The summed E-state index contributed by atoms with van der Waals surface area (Å²) in [4.78, 5) is 17.6. The smallest absolute Gasteiger partial charge is 0.275 e. The van der Waals surface area contributed by atoms with Crippen LogP contribution in [0.25, 0.3) is 16.9 Å². The molecule has 0 radical (unpaired) electrons. The van der Waals surface area contributed by atoms with Crippen molar-refractivity contribution in [2.75, 3.05) is 5.32 Å². The number of amides is 1. The summed E-state index contributed by atoms with van der Waals surface area (Å²) in [5, 5.41) is 2.33. The first-order valence-electron chi connectivity index (χ1n) is 8.86. The van der Waals surface area contributed by atoms with E-state index in [0.717, 1.165) is 23.3 Å². The lowest BCUT2D eigenvalue weighted by Gasteiger charge is -2.09. The Bertz CT molecular complexity index is 1250. The lowest BCUT2D eigenvalue weighted by molar-refractivity contribution is 0.102. The summed E-state index contributed by atoms with van der Waals surface area (Å²) in [5.74, 6) is -5.12. The fourth-order valence-electron chi connectivity index (χ4n) is 3.08. The van der Waals surface area contributed by atoms with E-state index in [1.54, 1.807) is 16.7 Å². The van der Waals surface area contributed by atoms with Gasteiger partial charge in [-0.1, -0.05) is 35.9 Å². The van der Waals surface area contributed by atoms with Gasteiger partial charge in [0.1, 0.15) is 17.0 Å². The second kappa shape index (κ2) is 7.09. The van der Waals surface area contributed by atoms with Gasteiger partial charge in [0.05, 0.1) is 5.69 Å². The third-order valence-corrected chi connectivity index (χ3v) is 4.59. The molecular formula is C22H16F3N3O. The van der Waals surface area contributed by atoms with E-state index >= 15 is 0 Å². The number of nitrogens with one attached hydrogen (secondary N) is 1. The Morgan fingerprint density at radius 1 is 0.897 bits per heavy atom. The van der Waals surface area contributed by atoms with Gasteiger partial charge in [0.25, 0.3) is 5.91 Å². The molecular weight excluding hydrogens is 379 g/mol. The molecule has 0 fully saturated rings. The van der Waals surface area contributed by atoms with Gasteiger partial charge in [0, 0.05) is 11.8 Å². The molecule has 0 unspecified atom stereocenters. The number of fused-ring (bicyclic) bond motifs is 1. The highest BCUT2D eigenvalue weighted by Gasteiger charge is 2.23. The summed E-state index contributed by atoms with van der Waals surface area (Å²) < 4.78 is 42.4. The second-order valence-corrected chi connectivity index (χ2v) is 6.79. The van der Waals surface area contributed by atoms with Crippen molar-refractivity contribution >= 4 is 17.2 Å². The van der Waals surface area contributed by atoms with Gasteiger partial charge in [-0.2, -0.15) is 0 Å². The maximum atomic E-state index is 14.1. The lowest BCUT2D eigenvalue weighted by Crippen LogP contribution is -2.17. The van der Waals surface area contributed by atoms with Gasteiger partial charge in [0.2, 0.25) is 0 Å². The third kappa shape index (κ3) is 3.35. The minimum Gasteiger partial charge on any atom is -0.318 e. The van der Waals surface area contributed by atoms with E-state index in [4.69, 9.17) is 0 Å². The van der Waals surface area contributed by atoms with Crippen LogP contribution in [0, 0.1) is 31.3 Å². The molecule has 0 aliphatic rings. The molecule has 2 aromatic heterocycles. The second-order valence-electron chi connectivity index (χ2n) is 6.79. The van der Waals surface area contributed by atoms with Crippen molar-refractivity contribution in [2.24, 2.45) is 0 Å². The molecule has 0 spiro atoms. The summed E-state index contributed by atoms with van der Waals surface area (Å²) in [5.41, 5.74) is 3.27. The third-order valence-electron chi connectivity index (χ3n) is 4.59. The number of halogens is 3. The maximum Gasteiger partial charge on any atom is 0.275 e. The van der Waals surface area contributed by atoms with Crippen molar-refractivity contribution in [1.29, 1.82) is 0 Å². The van der Waals surface area contributed by atoms with Crippen LogP contribution in [0.1, 0.15) is 21.6 Å². The van der Waals surface area contributed by atoms with E-state index in [-0.39, 0.29) is 5.69 Å². The fraction of sp³-hybridized carbons (Fsp3) is 0.0909. The first-order valence-corrected chi connectivity index (χ1v) is 8.86. The summed E-state index contributed by atoms with van der Waals surface area (Å²) in [6, 6.07) is 12.8. The van der Waals surface area contributed by atoms with Crippen molar-refractivity contribution in [2.45, 2.75) is 13.8 Å². The molecule has 2 heterocycles. The largest absolute Gasteiger partial charge is 0.318 e. The molecule has 0 saturated heterocycles. The summed E-state index contributed by atoms with van der Waals surface area (Å²) >= 11 is 0. The molecule has 29 heavy (non-hydrogen) atoms. The summed E-state index contributed by atoms with van der Waals surface area (Å²) in [6.45, 7) is 3.80. The number of nitrogens with zero attached hydrogens (tertiary/aromatic N) is 2. The van der Waals surface area contributed by atoms with Gasteiger partial charge in [-0.15, -0.1) is 0 Å². The van der Waals surface area contributed by atoms with Gasteiger partial charge in [-0.3, -0.25) is 9.20 Å². The molecule has 4 rings (SSSR count). The van der Waals surface area contributed by atoms with Crippen molar-refractivity contribution < 1.29 is 18.0 Å². The number of hydrogen-bond donors (Lipinski definition) is 1. The van der Waals surface area contributed by atoms with E-state index in [1.807, 2.05) is 44.2 Å². The zero-order valence-corrected chi connectivity index (χ0v) is 15.6. The van der Waals surface area contributed by atoms with E-state index in [9.17, 15) is 18.0 Å². The van der Waals surface area contributed by atoms with Crippen LogP contribution in [-0.2, 0) is 0 Å². The van der Waals surface area contributed by atoms with E-state index in [1.165, 1.54) is 0 Å². The fourth-order valence-corrected chi connectivity index (χ4v) is 3.08. The van der Waals surface area contributed by atoms with Gasteiger partial charge < -0.3 is 5.32 Å². The zero-order valence-electron chi connectivity index (χ0n) is 15.6. The summed E-state index contributed by atoms with van der Waals surface area (Å²) in [7, 11) is 0. The van der Waals surface area contributed by atoms with Crippen molar-refractivity contribution in [3.8, 4) is 11.3 Å². The molecule has 0 saturated carbocycles. The number of rotatable bonds is 3. The van der Waals surface area contributed by atoms with Crippen LogP contribution in [-0.4, -0.2) is 15.3 Å². The Balaban J connectivity index is 1.86. The maximum absolute atomic E-state index is 14.1. The lowest BCUT2D eigenvalue weighted by atomic mass is 10.1. The van der Waals surface area contributed by atoms with Crippen LogP contribution >= 0.6 is 0 Å². The van der Waals surface area contributed by atoms with Crippen LogP contribution in [0.4, 0.5) is 18.9 Å². The van der Waals surface area contributed by atoms with Crippen LogP contribution in [0.2, 0.25) is 0 Å². The quantitative estimate of drug-likeness (QED) is 0.479. The predicted molar refractivity (Wildman–Crippen MR) is 104 cm³/mol. The molecule has 0 bridgehead atoms. The number of aryl methyl sites for hydroxylation is 2. The normalized spacial score (nSPS) is 11.1. The predicted octanol–water partition coefficient (Wildman–Crippen LogP) is 5.29. The molecule has 1 N–H and O–H groups in total. The monoisotopic (exact) mass is 395 g/mol. The molecule has 2 aromatic carbocycles. The number of pyridine rings is 1. The Labute approximate surface area is 164 Å². The number of carbonyl (C=O) groups is 1. The van der Waals surface area contributed by atoms with Crippen LogP contribution < -0.4 is 5.32 Å². The molecule has 1 amide bonds. The average Bonchev–Trinajstić information content (AvgIpc) is 3.07. The topological polar surface area (TPSA) is 46.4 Å². The van der Waals surface area contributed by atoms with Crippen molar-refractivity contribution in [3.63, 3.8) is 0 Å². The standard InChI is InChI=1S/C22H16F3N3O/c1-12-3-6-14(7-4-12)20-21(28-11-13(2)5-10-17(28)27-20)22(29)26-16-9-8-15(23)18(24)19(16)25/h3-11H,1-2H3,(H,26,29). The highest BCUT2D eigenvalue weighted by molar-refractivity contribution is 6.07. The first kappa shape index (κ1) is 18.7. The van der Waals surface area contributed by atoms with E-state index in [2.05, 4.69) is 10.3 Å². The van der Waals surface area contributed by atoms with Crippen molar-refractivity contribution in [1.82, 2.24) is 9.38 Å². The average molecular weight is 395 g/mol. The molecule has 4 nitrogen and oxygen atoms in total. The van der Waals surface area contributed by atoms with Gasteiger partial charge >= 0.3 is 0 Å². The van der Waals surface area contributed by atoms with Gasteiger partial charge in [-0.25, -0.2) is 18.2 Å². The minimum absolute atomic E-state index is 0.164. The number of anilines is 1. The van der Waals surface area contributed by atoms with E-state index in [0.29, 0.717) is 16.9 Å². The summed E-state index contributed by atoms with van der Waals surface area (Å²) in [6.07, 6.45) is 1.73. The Kier molecular flexibility index (Phi) is 4.58. The zero-order chi connectivity index (χ0) is 20.7. The number of hydrogen-bond acceptors (Lipinski definition) is 2. The number of imidazole rings is 1. The van der Waals surface area contributed by atoms with E-state index < -0.39 is 29.0 Å². The Hall–Kier alpha value is -3.61. The number of aromatic nitrogens is 2. The highest BCUT2D eigenvalue weighted by atomic mass is 19.2. The first-order chi connectivity index (χ1) is 13.8. The molecule has 4 aromatic rings. The molecule has 0 aliphatic heterocycles. The van der Waals surface area contributed by atoms with Crippen LogP contribution in [0.3, 0.4) is 0 Å². The van der Waals surface area contributed by atoms with Gasteiger partial charge in [0.15, 0.2) is 17.5 Å². The minimum atomic E-state index is -1.64. The number of benzene rings is 2. The highest BCUT2D eigenvalue weighted by Crippen LogP contribution is 2.27. The van der Waals surface area contributed by atoms with Gasteiger partial charge in [-0.05, 0) is 37.6 Å². The Morgan fingerprint density at radius 3 is 2.31 bits per heavy atom. The molecule has 0 atom stereocenters. The Morgan fingerprint density at radius 2 is 1.59 bits per heavy atom. The molecule has 7 heteroatoms. The van der Waals surface area contributed by atoms with Crippen LogP contribution in [0.15, 0.2) is 54.7 Å². The number of carbonyl (C=O) groups excluding carboxylic acids is 1. The van der Waals surface area contributed by atoms with Crippen molar-refractivity contribution in [3.05, 3.63) is 89.0 Å².